The van der Waals surface area contributed by atoms with Crippen LogP contribution >= 0.6 is 0 Å². The first-order valence-electron chi connectivity index (χ1n) is 4.83. The summed E-state index contributed by atoms with van der Waals surface area (Å²) in [5.74, 6) is -0.0206. The molecular weight excluding hydrogens is 184 g/mol. The van der Waals surface area contributed by atoms with Gasteiger partial charge in [0, 0.05) is 11.1 Å². The van der Waals surface area contributed by atoms with Gasteiger partial charge in [-0.05, 0) is 6.42 Å². The number of ketones is 1. The number of hydrogen-bond acceptors (Lipinski definition) is 1. The first-order chi connectivity index (χ1) is 7.29. The summed E-state index contributed by atoms with van der Waals surface area (Å²) in [6.07, 6.45) is 15.2. The second kappa shape index (κ2) is 5.76. The SMILES string of the molecule is C=C/C=C(\C=C)C(=O)C1=CC=CCC=C1. The van der Waals surface area contributed by atoms with Gasteiger partial charge in [0.25, 0.3) is 0 Å². The fourth-order valence-corrected chi connectivity index (χ4v) is 1.26. The van der Waals surface area contributed by atoms with E-state index in [0.717, 1.165) is 6.42 Å². The standard InChI is InChI=1S/C14H14O/c1-3-9-12(4-2)14(15)13-10-7-5-6-8-11-13/h3-5,7-11H,1-2,6H2/b12-9+. The van der Waals surface area contributed by atoms with Gasteiger partial charge in [0.15, 0.2) is 5.78 Å². The van der Waals surface area contributed by atoms with Crippen molar-refractivity contribution in [1.29, 1.82) is 0 Å². The maximum atomic E-state index is 11.9. The molecule has 1 aliphatic carbocycles. The molecule has 0 bridgehead atoms. The number of allylic oxidation sites excluding steroid dienone is 10. The Bertz CT molecular complexity index is 390. The van der Waals surface area contributed by atoms with E-state index in [4.69, 9.17) is 0 Å². The topological polar surface area (TPSA) is 17.1 Å². The van der Waals surface area contributed by atoms with Crippen molar-refractivity contribution in [2.45, 2.75) is 6.42 Å². The minimum absolute atomic E-state index is 0.0206. The van der Waals surface area contributed by atoms with Crippen molar-refractivity contribution in [2.24, 2.45) is 0 Å². The van der Waals surface area contributed by atoms with E-state index < -0.39 is 0 Å². The van der Waals surface area contributed by atoms with Crippen LogP contribution in [0.5, 0.6) is 0 Å². The average Bonchev–Trinajstić information content (AvgIpc) is 2.53. The molecule has 0 saturated carbocycles. The second-order valence-electron chi connectivity index (χ2n) is 3.08. The molecule has 1 aliphatic rings. The molecule has 1 heteroatoms. The van der Waals surface area contributed by atoms with Gasteiger partial charge in [0.05, 0.1) is 0 Å². The highest BCUT2D eigenvalue weighted by molar-refractivity contribution is 6.12. The molecule has 0 amide bonds. The van der Waals surface area contributed by atoms with Gasteiger partial charge in [-0.15, -0.1) is 0 Å². The molecule has 0 spiro atoms. The van der Waals surface area contributed by atoms with E-state index >= 15 is 0 Å². The van der Waals surface area contributed by atoms with Gasteiger partial charge >= 0.3 is 0 Å². The van der Waals surface area contributed by atoms with Crippen LogP contribution in [0.4, 0.5) is 0 Å². The van der Waals surface area contributed by atoms with Crippen LogP contribution in [-0.4, -0.2) is 5.78 Å². The van der Waals surface area contributed by atoms with Crippen molar-refractivity contribution in [3.63, 3.8) is 0 Å². The summed E-state index contributed by atoms with van der Waals surface area (Å²) in [7, 11) is 0. The quantitative estimate of drug-likeness (QED) is 0.500. The van der Waals surface area contributed by atoms with Crippen molar-refractivity contribution in [2.75, 3.05) is 0 Å². The fourth-order valence-electron chi connectivity index (χ4n) is 1.26. The number of carbonyl (C=O) groups excluding carboxylic acids is 1. The van der Waals surface area contributed by atoms with Gasteiger partial charge < -0.3 is 0 Å². The summed E-state index contributed by atoms with van der Waals surface area (Å²) >= 11 is 0. The van der Waals surface area contributed by atoms with Crippen molar-refractivity contribution < 1.29 is 4.79 Å². The molecule has 0 heterocycles. The molecule has 0 saturated heterocycles. The molecular formula is C14H14O. The average molecular weight is 198 g/mol. The monoisotopic (exact) mass is 198 g/mol. The molecule has 0 aromatic heterocycles. The Morgan fingerprint density at radius 3 is 2.80 bits per heavy atom. The predicted octanol–water partition coefficient (Wildman–Crippen LogP) is 3.30. The Morgan fingerprint density at radius 1 is 1.33 bits per heavy atom. The number of hydrogen-bond donors (Lipinski definition) is 0. The fraction of sp³-hybridized carbons (Fsp3) is 0.0714. The molecule has 0 N–H and O–H groups in total. The van der Waals surface area contributed by atoms with Crippen molar-refractivity contribution in [3.8, 4) is 0 Å². The molecule has 0 atom stereocenters. The first kappa shape index (κ1) is 11.2. The van der Waals surface area contributed by atoms with Crippen LogP contribution in [0.3, 0.4) is 0 Å². The molecule has 0 aliphatic heterocycles. The van der Waals surface area contributed by atoms with Crippen molar-refractivity contribution in [3.05, 3.63) is 72.9 Å². The maximum Gasteiger partial charge on any atom is 0.192 e. The van der Waals surface area contributed by atoms with Crippen LogP contribution < -0.4 is 0 Å². The molecule has 0 aromatic carbocycles. The third-order valence-electron chi connectivity index (χ3n) is 2.02. The molecule has 15 heavy (non-hydrogen) atoms. The van der Waals surface area contributed by atoms with Crippen molar-refractivity contribution in [1.82, 2.24) is 0 Å². The highest BCUT2D eigenvalue weighted by Crippen LogP contribution is 2.12. The summed E-state index contributed by atoms with van der Waals surface area (Å²) in [5.41, 5.74) is 1.24. The van der Waals surface area contributed by atoms with E-state index in [2.05, 4.69) is 13.2 Å². The second-order valence-corrected chi connectivity index (χ2v) is 3.08. The van der Waals surface area contributed by atoms with Crippen LogP contribution in [0.15, 0.2) is 72.9 Å². The van der Waals surface area contributed by atoms with Gasteiger partial charge in [-0.25, -0.2) is 0 Å². The van der Waals surface area contributed by atoms with Crippen LogP contribution in [0.25, 0.3) is 0 Å². The van der Waals surface area contributed by atoms with Crippen molar-refractivity contribution >= 4 is 5.78 Å². The molecule has 0 unspecified atom stereocenters. The lowest BCUT2D eigenvalue weighted by molar-refractivity contribution is -0.111. The van der Waals surface area contributed by atoms with E-state index in [0.29, 0.717) is 11.1 Å². The maximum absolute atomic E-state index is 11.9. The van der Waals surface area contributed by atoms with Gasteiger partial charge in [-0.1, -0.05) is 61.8 Å². The smallest absolute Gasteiger partial charge is 0.192 e. The van der Waals surface area contributed by atoms with E-state index in [1.54, 1.807) is 18.2 Å². The summed E-state index contributed by atoms with van der Waals surface area (Å²) in [6, 6.07) is 0. The number of carbonyl (C=O) groups is 1. The summed E-state index contributed by atoms with van der Waals surface area (Å²) < 4.78 is 0. The lowest BCUT2D eigenvalue weighted by atomic mass is 10.0. The normalized spacial score (nSPS) is 15.5. The lowest BCUT2D eigenvalue weighted by Crippen LogP contribution is -2.02. The van der Waals surface area contributed by atoms with E-state index in [9.17, 15) is 4.79 Å². The van der Waals surface area contributed by atoms with Crippen LogP contribution in [0.2, 0.25) is 0 Å². The van der Waals surface area contributed by atoms with Gasteiger partial charge in [0.2, 0.25) is 0 Å². The van der Waals surface area contributed by atoms with E-state index in [1.165, 1.54) is 0 Å². The molecule has 0 fully saturated rings. The van der Waals surface area contributed by atoms with Crippen LogP contribution in [0, 0.1) is 0 Å². The minimum Gasteiger partial charge on any atom is -0.289 e. The Kier molecular flexibility index (Phi) is 4.30. The lowest BCUT2D eigenvalue weighted by Gasteiger charge is -2.00. The molecule has 0 radical (unpaired) electrons. The summed E-state index contributed by atoms with van der Waals surface area (Å²) in [5, 5.41) is 0. The van der Waals surface area contributed by atoms with Gasteiger partial charge in [-0.2, -0.15) is 0 Å². The highest BCUT2D eigenvalue weighted by Gasteiger charge is 2.09. The van der Waals surface area contributed by atoms with Gasteiger partial charge in [-0.3, -0.25) is 4.79 Å². The Balaban J connectivity index is 2.97. The largest absolute Gasteiger partial charge is 0.289 e. The third-order valence-corrected chi connectivity index (χ3v) is 2.02. The number of rotatable bonds is 4. The Hall–Kier alpha value is -1.89. The highest BCUT2D eigenvalue weighted by atomic mass is 16.1. The zero-order valence-corrected chi connectivity index (χ0v) is 8.65. The number of Topliss-reactive ketones (excluding diaryl/α,β-unsaturated/α-hetero) is 1. The zero-order valence-electron chi connectivity index (χ0n) is 8.65. The predicted molar refractivity (Wildman–Crippen MR) is 64.5 cm³/mol. The molecule has 76 valence electrons. The first-order valence-corrected chi connectivity index (χ1v) is 4.83. The molecule has 1 rings (SSSR count). The van der Waals surface area contributed by atoms with Gasteiger partial charge in [0.1, 0.15) is 0 Å². The molecule has 1 nitrogen and oxygen atoms in total. The van der Waals surface area contributed by atoms with E-state index in [-0.39, 0.29) is 5.78 Å². The summed E-state index contributed by atoms with van der Waals surface area (Å²) in [4.78, 5) is 11.9. The third kappa shape index (κ3) is 3.06. The molecule has 0 aromatic rings. The minimum atomic E-state index is -0.0206. The Labute approximate surface area is 90.5 Å². The summed E-state index contributed by atoms with van der Waals surface area (Å²) in [6.45, 7) is 7.18. The Morgan fingerprint density at radius 2 is 2.13 bits per heavy atom. The zero-order chi connectivity index (χ0) is 11.1. The van der Waals surface area contributed by atoms with Crippen LogP contribution in [-0.2, 0) is 4.79 Å². The van der Waals surface area contributed by atoms with Crippen LogP contribution in [0.1, 0.15) is 6.42 Å². The van der Waals surface area contributed by atoms with E-state index in [1.807, 2.05) is 30.4 Å².